The molecule has 1 fully saturated rings. The third-order valence-electron chi connectivity index (χ3n) is 5.90. The van der Waals surface area contributed by atoms with Gasteiger partial charge in [-0.25, -0.2) is 9.18 Å². The molecule has 6 nitrogen and oxygen atoms in total. The summed E-state index contributed by atoms with van der Waals surface area (Å²) in [7, 11) is 0. The maximum Gasteiger partial charge on any atom is 0.330 e. The van der Waals surface area contributed by atoms with Crippen LogP contribution < -0.4 is 5.73 Å². The van der Waals surface area contributed by atoms with Gasteiger partial charge in [0.25, 0.3) is 0 Å². The monoisotopic (exact) mass is 474 g/mol. The molecular weight excluding hydrogens is 447 g/mol. The first-order chi connectivity index (χ1) is 17.0. The van der Waals surface area contributed by atoms with Crippen molar-refractivity contribution in [1.29, 1.82) is 0 Å². The van der Waals surface area contributed by atoms with E-state index in [1.54, 1.807) is 18.2 Å². The lowest BCUT2D eigenvalue weighted by atomic mass is 9.93. The fourth-order valence-electron chi connectivity index (χ4n) is 3.99. The summed E-state index contributed by atoms with van der Waals surface area (Å²) in [5.74, 6) is -1.14. The predicted molar refractivity (Wildman–Crippen MR) is 131 cm³/mol. The normalized spacial score (nSPS) is 15.4. The molecule has 3 aromatic rings. The van der Waals surface area contributed by atoms with Crippen LogP contribution in [0.4, 0.5) is 4.39 Å². The number of ether oxygens (including phenoxy) is 2. The summed E-state index contributed by atoms with van der Waals surface area (Å²) < 4.78 is 24.7. The Kier molecular flexibility index (Phi) is 8.13. The van der Waals surface area contributed by atoms with Gasteiger partial charge in [0.2, 0.25) is 0 Å². The highest BCUT2D eigenvalue weighted by atomic mass is 19.1. The molecule has 0 saturated carbocycles. The van der Waals surface area contributed by atoms with Crippen molar-refractivity contribution in [3.05, 3.63) is 95.1 Å². The number of nitrogens with zero attached hydrogens (tertiary/aromatic N) is 1. The molecule has 7 heteroatoms. The third kappa shape index (κ3) is 6.47. The van der Waals surface area contributed by atoms with Crippen LogP contribution in [0.25, 0.3) is 17.2 Å². The van der Waals surface area contributed by atoms with Crippen molar-refractivity contribution in [2.45, 2.75) is 31.9 Å². The van der Waals surface area contributed by atoms with E-state index in [-0.39, 0.29) is 24.9 Å². The smallest absolute Gasteiger partial charge is 0.330 e. The van der Waals surface area contributed by atoms with Gasteiger partial charge in [0, 0.05) is 37.4 Å². The Morgan fingerprint density at radius 2 is 2.06 bits per heavy atom. The average molecular weight is 475 g/mol. The quantitative estimate of drug-likeness (QED) is 0.279. The summed E-state index contributed by atoms with van der Waals surface area (Å²) in [5, 5.41) is 0. The van der Waals surface area contributed by atoms with E-state index in [0.29, 0.717) is 24.3 Å². The fourth-order valence-corrected chi connectivity index (χ4v) is 3.99. The zero-order valence-electron chi connectivity index (χ0n) is 19.3. The number of ketones is 1. The summed E-state index contributed by atoms with van der Waals surface area (Å²) >= 11 is 0. The fraction of sp³-hybridized carbons (Fsp3) is 0.250. The minimum absolute atomic E-state index is 0.0181. The molecule has 35 heavy (non-hydrogen) atoms. The van der Waals surface area contributed by atoms with E-state index in [1.807, 2.05) is 30.3 Å². The molecule has 1 aromatic heterocycles. The SMILES string of the molecule is NCc1ccc(C(=O)Cc2ccncc2F)cc1-c1cccc(/C=C/C(=O)OCC2CCCO2)c1. The van der Waals surface area contributed by atoms with Crippen LogP contribution in [0.2, 0.25) is 0 Å². The highest BCUT2D eigenvalue weighted by Gasteiger charge is 2.17. The van der Waals surface area contributed by atoms with Crippen molar-refractivity contribution < 1.29 is 23.5 Å². The number of carbonyl (C=O) groups is 2. The molecule has 1 unspecified atom stereocenters. The number of hydrogen-bond donors (Lipinski definition) is 1. The molecule has 1 atom stereocenters. The third-order valence-corrected chi connectivity index (χ3v) is 5.90. The molecule has 2 heterocycles. The highest BCUT2D eigenvalue weighted by molar-refractivity contribution is 5.99. The van der Waals surface area contributed by atoms with Gasteiger partial charge in [0.05, 0.1) is 12.3 Å². The van der Waals surface area contributed by atoms with Gasteiger partial charge in [-0.15, -0.1) is 0 Å². The maximum atomic E-state index is 14.0. The van der Waals surface area contributed by atoms with E-state index in [1.165, 1.54) is 18.3 Å². The van der Waals surface area contributed by atoms with Crippen molar-refractivity contribution >= 4 is 17.8 Å². The van der Waals surface area contributed by atoms with Gasteiger partial charge in [-0.2, -0.15) is 0 Å². The molecular formula is C28H27FN2O4. The molecule has 1 aliphatic rings. The van der Waals surface area contributed by atoms with Gasteiger partial charge in [-0.1, -0.05) is 30.3 Å². The molecule has 0 radical (unpaired) electrons. The molecule has 4 rings (SSSR count). The molecule has 1 aliphatic heterocycles. The lowest BCUT2D eigenvalue weighted by Crippen LogP contribution is -2.16. The summed E-state index contributed by atoms with van der Waals surface area (Å²) in [5.41, 5.74) is 10.0. The standard InChI is InChI=1S/C28H27FN2O4/c29-26-17-31-11-10-21(26)15-27(32)22-7-8-23(16-30)25(14-22)20-4-1-3-19(13-20)6-9-28(33)35-18-24-5-2-12-34-24/h1,3-4,6-11,13-14,17,24H,2,5,12,15-16,18,30H2/b9-6+. The van der Waals surface area contributed by atoms with Crippen molar-refractivity contribution in [3.63, 3.8) is 0 Å². The van der Waals surface area contributed by atoms with Crippen molar-refractivity contribution in [2.75, 3.05) is 13.2 Å². The van der Waals surface area contributed by atoms with Crippen LogP contribution in [0.15, 0.2) is 67.0 Å². The van der Waals surface area contributed by atoms with E-state index in [9.17, 15) is 14.0 Å². The first kappa shape index (κ1) is 24.4. The van der Waals surface area contributed by atoms with Gasteiger partial charge in [-0.3, -0.25) is 9.78 Å². The van der Waals surface area contributed by atoms with Crippen LogP contribution in [-0.4, -0.2) is 36.1 Å². The topological polar surface area (TPSA) is 91.5 Å². The lowest BCUT2D eigenvalue weighted by Gasteiger charge is -2.12. The highest BCUT2D eigenvalue weighted by Crippen LogP contribution is 2.27. The number of Topliss-reactive ketones (excluding diaryl/α,β-unsaturated/α-hetero) is 1. The maximum absolute atomic E-state index is 14.0. The minimum Gasteiger partial charge on any atom is -0.460 e. The Balaban J connectivity index is 1.50. The van der Waals surface area contributed by atoms with E-state index >= 15 is 0 Å². The van der Waals surface area contributed by atoms with Crippen LogP contribution in [0.3, 0.4) is 0 Å². The molecule has 0 spiro atoms. The van der Waals surface area contributed by atoms with Crippen LogP contribution in [0.1, 0.15) is 39.9 Å². The number of pyridine rings is 1. The van der Waals surface area contributed by atoms with Crippen LogP contribution in [-0.2, 0) is 27.2 Å². The first-order valence-corrected chi connectivity index (χ1v) is 11.5. The summed E-state index contributed by atoms with van der Waals surface area (Å²) in [6.07, 6.45) is 7.45. The number of carbonyl (C=O) groups excluding carboxylic acids is 2. The Labute approximate surface area is 203 Å². The Morgan fingerprint density at radius 3 is 2.83 bits per heavy atom. The van der Waals surface area contributed by atoms with E-state index in [4.69, 9.17) is 15.2 Å². The van der Waals surface area contributed by atoms with Crippen LogP contribution in [0.5, 0.6) is 0 Å². The molecule has 0 aliphatic carbocycles. The van der Waals surface area contributed by atoms with E-state index in [0.717, 1.165) is 41.3 Å². The molecule has 0 bridgehead atoms. The van der Waals surface area contributed by atoms with E-state index < -0.39 is 11.8 Å². The summed E-state index contributed by atoms with van der Waals surface area (Å²) in [6, 6.07) is 14.4. The Morgan fingerprint density at radius 1 is 1.17 bits per heavy atom. The number of nitrogens with two attached hydrogens (primary N) is 1. The second-order valence-corrected chi connectivity index (χ2v) is 8.37. The van der Waals surface area contributed by atoms with Crippen molar-refractivity contribution in [2.24, 2.45) is 5.73 Å². The predicted octanol–water partition coefficient (Wildman–Crippen LogP) is 4.51. The number of rotatable bonds is 9. The lowest BCUT2D eigenvalue weighted by molar-refractivity contribution is -0.140. The first-order valence-electron chi connectivity index (χ1n) is 11.5. The van der Waals surface area contributed by atoms with Gasteiger partial charge < -0.3 is 15.2 Å². The molecule has 2 N–H and O–H groups in total. The van der Waals surface area contributed by atoms with Crippen LogP contribution in [0, 0.1) is 5.82 Å². The minimum atomic E-state index is -0.506. The number of halogens is 1. The number of esters is 1. The van der Waals surface area contributed by atoms with Gasteiger partial charge in [0.1, 0.15) is 12.4 Å². The zero-order valence-corrected chi connectivity index (χ0v) is 19.3. The van der Waals surface area contributed by atoms with Crippen LogP contribution >= 0.6 is 0 Å². The molecule has 2 aromatic carbocycles. The average Bonchev–Trinajstić information content (AvgIpc) is 3.41. The van der Waals surface area contributed by atoms with Crippen molar-refractivity contribution in [1.82, 2.24) is 4.98 Å². The number of benzene rings is 2. The largest absolute Gasteiger partial charge is 0.460 e. The molecule has 0 amide bonds. The Bertz CT molecular complexity index is 1240. The number of aromatic nitrogens is 1. The van der Waals surface area contributed by atoms with Gasteiger partial charge >= 0.3 is 5.97 Å². The van der Waals surface area contributed by atoms with Gasteiger partial charge in [0.15, 0.2) is 5.78 Å². The number of hydrogen-bond acceptors (Lipinski definition) is 6. The van der Waals surface area contributed by atoms with Gasteiger partial charge in [-0.05, 0) is 64.9 Å². The molecule has 1 saturated heterocycles. The Hall–Kier alpha value is -3.68. The molecule has 180 valence electrons. The second kappa shape index (κ2) is 11.6. The van der Waals surface area contributed by atoms with E-state index in [2.05, 4.69) is 4.98 Å². The zero-order chi connectivity index (χ0) is 24.6. The van der Waals surface area contributed by atoms with Crippen molar-refractivity contribution in [3.8, 4) is 11.1 Å². The second-order valence-electron chi connectivity index (χ2n) is 8.37. The summed E-state index contributed by atoms with van der Waals surface area (Å²) in [6.45, 7) is 1.26. The summed E-state index contributed by atoms with van der Waals surface area (Å²) in [4.78, 5) is 28.7.